The van der Waals surface area contributed by atoms with Gasteiger partial charge in [0.15, 0.2) is 0 Å². The molecule has 0 aliphatic carbocycles. The van der Waals surface area contributed by atoms with Gasteiger partial charge in [-0.1, -0.05) is 30.3 Å². The molecule has 3 aromatic rings. The van der Waals surface area contributed by atoms with E-state index in [0.29, 0.717) is 11.4 Å². The monoisotopic (exact) mass is 482 g/mol. The SMILES string of the molecule is COc1ccc(C)cc1N(CC(=O)NCCOc1cc(C)cc(C)c1)S(=O)(=O)c1ccccc1. The van der Waals surface area contributed by atoms with Crippen molar-refractivity contribution in [3.63, 3.8) is 0 Å². The molecule has 3 rings (SSSR count). The molecule has 0 aliphatic heterocycles. The van der Waals surface area contributed by atoms with Gasteiger partial charge in [-0.15, -0.1) is 0 Å². The highest BCUT2D eigenvalue weighted by molar-refractivity contribution is 7.92. The van der Waals surface area contributed by atoms with Gasteiger partial charge in [0, 0.05) is 0 Å². The van der Waals surface area contributed by atoms with E-state index < -0.39 is 22.5 Å². The summed E-state index contributed by atoms with van der Waals surface area (Å²) >= 11 is 0. The quantitative estimate of drug-likeness (QED) is 0.442. The summed E-state index contributed by atoms with van der Waals surface area (Å²) in [5.74, 6) is 0.632. The molecule has 1 N–H and O–H groups in total. The van der Waals surface area contributed by atoms with Crippen LogP contribution < -0.4 is 19.1 Å². The molecular weight excluding hydrogens is 452 g/mol. The van der Waals surface area contributed by atoms with Crippen molar-refractivity contribution in [2.24, 2.45) is 0 Å². The van der Waals surface area contributed by atoms with E-state index in [9.17, 15) is 13.2 Å². The zero-order chi connectivity index (χ0) is 24.7. The van der Waals surface area contributed by atoms with Crippen molar-refractivity contribution in [2.75, 3.05) is 31.1 Å². The summed E-state index contributed by atoms with van der Waals surface area (Å²) in [6.45, 7) is 5.91. The van der Waals surface area contributed by atoms with Crippen molar-refractivity contribution in [1.82, 2.24) is 5.32 Å². The van der Waals surface area contributed by atoms with Gasteiger partial charge < -0.3 is 14.8 Å². The Kier molecular flexibility index (Phi) is 8.17. The van der Waals surface area contributed by atoms with E-state index in [4.69, 9.17) is 9.47 Å². The van der Waals surface area contributed by atoms with Crippen LogP contribution in [0.3, 0.4) is 0 Å². The van der Waals surface area contributed by atoms with Crippen molar-refractivity contribution in [3.05, 3.63) is 83.4 Å². The van der Waals surface area contributed by atoms with Gasteiger partial charge in [-0.2, -0.15) is 0 Å². The van der Waals surface area contributed by atoms with Gasteiger partial charge in [0.2, 0.25) is 5.91 Å². The summed E-state index contributed by atoms with van der Waals surface area (Å²) in [6.07, 6.45) is 0. The number of rotatable bonds is 10. The number of hydrogen-bond acceptors (Lipinski definition) is 5. The highest BCUT2D eigenvalue weighted by atomic mass is 32.2. The minimum absolute atomic E-state index is 0.0875. The Labute approximate surface area is 201 Å². The number of methoxy groups -OCH3 is 1. The number of anilines is 1. The van der Waals surface area contributed by atoms with E-state index in [1.165, 1.54) is 19.2 Å². The van der Waals surface area contributed by atoms with Gasteiger partial charge in [0.25, 0.3) is 10.0 Å². The fraction of sp³-hybridized carbons (Fsp3) is 0.269. The number of carbonyl (C=O) groups excluding carboxylic acids is 1. The lowest BCUT2D eigenvalue weighted by Gasteiger charge is -2.26. The molecule has 0 aromatic heterocycles. The minimum Gasteiger partial charge on any atom is -0.495 e. The maximum Gasteiger partial charge on any atom is 0.264 e. The number of carbonyl (C=O) groups is 1. The largest absolute Gasteiger partial charge is 0.495 e. The van der Waals surface area contributed by atoms with E-state index in [1.54, 1.807) is 30.3 Å². The van der Waals surface area contributed by atoms with Gasteiger partial charge >= 0.3 is 0 Å². The molecule has 0 aliphatic rings. The molecule has 34 heavy (non-hydrogen) atoms. The summed E-state index contributed by atoms with van der Waals surface area (Å²) in [5, 5.41) is 2.75. The predicted octanol–water partition coefficient (Wildman–Crippen LogP) is 4.01. The smallest absolute Gasteiger partial charge is 0.264 e. The van der Waals surface area contributed by atoms with Crippen molar-refractivity contribution >= 4 is 21.6 Å². The Bertz CT molecular complexity index is 1220. The van der Waals surface area contributed by atoms with Crippen molar-refractivity contribution in [3.8, 4) is 11.5 Å². The van der Waals surface area contributed by atoms with Crippen LogP contribution in [0, 0.1) is 20.8 Å². The van der Waals surface area contributed by atoms with Gasteiger partial charge in [-0.25, -0.2) is 8.42 Å². The molecular formula is C26H30N2O5S. The molecule has 8 heteroatoms. The zero-order valence-corrected chi connectivity index (χ0v) is 20.7. The summed E-state index contributed by atoms with van der Waals surface area (Å²) in [6, 6.07) is 19.1. The molecule has 0 bridgehead atoms. The first kappa shape index (κ1) is 25.1. The Balaban J connectivity index is 1.76. The van der Waals surface area contributed by atoms with E-state index in [1.807, 2.05) is 39.0 Å². The number of sulfonamides is 1. The molecule has 180 valence electrons. The van der Waals surface area contributed by atoms with Crippen LogP contribution in [-0.2, 0) is 14.8 Å². The van der Waals surface area contributed by atoms with Crippen LogP contribution in [0.25, 0.3) is 0 Å². The molecule has 0 heterocycles. The number of amides is 1. The molecule has 0 radical (unpaired) electrons. The molecule has 0 spiro atoms. The lowest BCUT2D eigenvalue weighted by Crippen LogP contribution is -2.42. The van der Waals surface area contributed by atoms with E-state index in [2.05, 4.69) is 11.4 Å². The van der Waals surface area contributed by atoms with Crippen LogP contribution in [-0.4, -0.2) is 41.1 Å². The number of benzene rings is 3. The van der Waals surface area contributed by atoms with Crippen molar-refractivity contribution in [2.45, 2.75) is 25.7 Å². The fourth-order valence-corrected chi connectivity index (χ4v) is 5.02. The van der Waals surface area contributed by atoms with E-state index in [-0.39, 0.29) is 18.0 Å². The highest BCUT2D eigenvalue weighted by Crippen LogP contribution is 2.33. The Hall–Kier alpha value is -3.52. The van der Waals surface area contributed by atoms with Gasteiger partial charge in [-0.3, -0.25) is 9.10 Å². The van der Waals surface area contributed by atoms with Crippen LogP contribution in [0.15, 0.2) is 71.6 Å². The summed E-state index contributed by atoms with van der Waals surface area (Å²) in [7, 11) is -2.56. The van der Waals surface area contributed by atoms with Crippen LogP contribution in [0.2, 0.25) is 0 Å². The fourth-order valence-electron chi connectivity index (χ4n) is 3.58. The molecule has 0 saturated heterocycles. The second kappa shape index (κ2) is 11.1. The first-order valence-electron chi connectivity index (χ1n) is 10.9. The third-order valence-electron chi connectivity index (χ3n) is 5.11. The second-order valence-corrected chi connectivity index (χ2v) is 9.88. The second-order valence-electron chi connectivity index (χ2n) is 8.02. The standard InChI is InChI=1S/C26H30N2O5S/c1-19-10-11-25(32-4)24(17-19)28(34(30,31)23-8-6-5-7-9-23)18-26(29)27-12-13-33-22-15-20(2)14-21(3)16-22/h5-11,14-17H,12-13,18H2,1-4H3,(H,27,29). The molecule has 0 atom stereocenters. The average Bonchev–Trinajstić information content (AvgIpc) is 2.80. The van der Waals surface area contributed by atoms with Gasteiger partial charge in [0.05, 0.1) is 24.2 Å². The lowest BCUT2D eigenvalue weighted by atomic mass is 10.1. The van der Waals surface area contributed by atoms with E-state index in [0.717, 1.165) is 26.7 Å². The number of nitrogens with zero attached hydrogens (tertiary/aromatic N) is 1. The average molecular weight is 483 g/mol. The number of hydrogen-bond donors (Lipinski definition) is 1. The summed E-state index contributed by atoms with van der Waals surface area (Å²) < 4.78 is 39.2. The van der Waals surface area contributed by atoms with Crippen LogP contribution >= 0.6 is 0 Å². The van der Waals surface area contributed by atoms with Crippen LogP contribution in [0.4, 0.5) is 5.69 Å². The normalized spacial score (nSPS) is 11.1. The van der Waals surface area contributed by atoms with Gasteiger partial charge in [-0.05, 0) is 73.9 Å². The third-order valence-corrected chi connectivity index (χ3v) is 6.88. The lowest BCUT2D eigenvalue weighted by molar-refractivity contribution is -0.119. The Morgan fingerprint density at radius 2 is 1.59 bits per heavy atom. The van der Waals surface area contributed by atoms with Gasteiger partial charge in [0.1, 0.15) is 24.7 Å². The number of nitrogens with one attached hydrogen (secondary N) is 1. The maximum atomic E-state index is 13.5. The van der Waals surface area contributed by atoms with Crippen LogP contribution in [0.5, 0.6) is 11.5 Å². The minimum atomic E-state index is -4.02. The Morgan fingerprint density at radius 1 is 0.912 bits per heavy atom. The van der Waals surface area contributed by atoms with Crippen molar-refractivity contribution < 1.29 is 22.7 Å². The molecule has 0 fully saturated rings. The summed E-state index contributed by atoms with van der Waals surface area (Å²) in [5.41, 5.74) is 3.32. The first-order valence-corrected chi connectivity index (χ1v) is 12.3. The predicted molar refractivity (Wildman–Crippen MR) is 133 cm³/mol. The molecule has 7 nitrogen and oxygen atoms in total. The summed E-state index contributed by atoms with van der Waals surface area (Å²) in [4.78, 5) is 12.9. The topological polar surface area (TPSA) is 84.9 Å². The molecule has 0 unspecified atom stereocenters. The third kappa shape index (κ3) is 6.29. The zero-order valence-electron chi connectivity index (χ0n) is 19.9. The number of aryl methyl sites for hydroxylation is 3. The Morgan fingerprint density at radius 3 is 2.24 bits per heavy atom. The van der Waals surface area contributed by atoms with E-state index >= 15 is 0 Å². The van der Waals surface area contributed by atoms with Crippen molar-refractivity contribution in [1.29, 1.82) is 0 Å². The van der Waals surface area contributed by atoms with Crippen LogP contribution in [0.1, 0.15) is 16.7 Å². The maximum absolute atomic E-state index is 13.5. The molecule has 1 amide bonds. The molecule has 0 saturated carbocycles. The molecule has 3 aromatic carbocycles. The first-order chi connectivity index (χ1) is 16.2. The number of ether oxygens (including phenoxy) is 2. The highest BCUT2D eigenvalue weighted by Gasteiger charge is 2.29.